The molecule has 1 heterocycles. The Kier molecular flexibility index (Phi) is 8.39. The molecule has 120 valence electrons. The first-order valence-electron chi connectivity index (χ1n) is 6.40. The van der Waals surface area contributed by atoms with Crippen LogP contribution in [0.4, 0.5) is 8.78 Å². The predicted molar refractivity (Wildman–Crippen MR) is 98.6 cm³/mol. The third-order valence-electron chi connectivity index (χ3n) is 3.42. The summed E-state index contributed by atoms with van der Waals surface area (Å²) in [5, 5.41) is 13.1. The molecule has 0 saturated carbocycles. The van der Waals surface area contributed by atoms with E-state index in [1.807, 2.05) is 57.3 Å². The van der Waals surface area contributed by atoms with Gasteiger partial charge >= 0.3 is 0 Å². The molecule has 1 atom stereocenters. The largest absolute Gasteiger partial charge is 0.506 e. The highest BCUT2D eigenvalue weighted by Gasteiger charge is 2.26. The fraction of sp³-hybridized carbons (Fsp3) is 0.538. The SMILES string of the molecule is Cl.Oc1c(I)cc([C@H](CC(F)F)N2CCNCC2)cc1I. The number of rotatable bonds is 4. The van der Waals surface area contributed by atoms with Crippen LogP contribution in [0.25, 0.3) is 0 Å². The topological polar surface area (TPSA) is 35.5 Å². The van der Waals surface area contributed by atoms with Crippen molar-refractivity contribution in [1.82, 2.24) is 10.2 Å². The van der Waals surface area contributed by atoms with Crippen molar-refractivity contribution in [1.29, 1.82) is 0 Å². The minimum atomic E-state index is -2.33. The lowest BCUT2D eigenvalue weighted by atomic mass is 10.0. The van der Waals surface area contributed by atoms with Crippen LogP contribution in [-0.4, -0.2) is 42.6 Å². The number of nitrogens with zero attached hydrogens (tertiary/aromatic N) is 1. The van der Waals surface area contributed by atoms with Gasteiger partial charge in [-0.1, -0.05) is 0 Å². The molecule has 0 unspecified atom stereocenters. The molecule has 21 heavy (non-hydrogen) atoms. The van der Waals surface area contributed by atoms with Gasteiger partial charge in [-0.25, -0.2) is 8.78 Å². The zero-order chi connectivity index (χ0) is 14.7. The molecule has 1 saturated heterocycles. The summed E-state index contributed by atoms with van der Waals surface area (Å²) in [5.41, 5.74) is 0.860. The maximum atomic E-state index is 12.9. The Balaban J connectivity index is 0.00000220. The van der Waals surface area contributed by atoms with Crippen LogP contribution in [0, 0.1) is 7.14 Å². The van der Waals surface area contributed by atoms with Crippen molar-refractivity contribution < 1.29 is 13.9 Å². The normalized spacial score (nSPS) is 17.6. The molecule has 3 nitrogen and oxygen atoms in total. The molecule has 0 bridgehead atoms. The average Bonchev–Trinajstić information content (AvgIpc) is 2.42. The number of halogens is 5. The standard InChI is InChI=1S/C13H16F2I2N2O.ClH/c14-12(15)7-11(19-3-1-18-2-4-19)8-5-9(16)13(20)10(17)6-8;/h5-6,11-12,18,20H,1-4,7H2;1H/t11-;/m0./s1. The van der Waals surface area contributed by atoms with Crippen molar-refractivity contribution in [3.8, 4) is 5.75 Å². The monoisotopic (exact) mass is 544 g/mol. The molecule has 8 heteroatoms. The molecule has 0 amide bonds. The van der Waals surface area contributed by atoms with Crippen molar-refractivity contribution in [2.24, 2.45) is 0 Å². The van der Waals surface area contributed by atoms with Crippen LogP contribution in [0.2, 0.25) is 0 Å². The van der Waals surface area contributed by atoms with E-state index in [1.165, 1.54) is 0 Å². The second-order valence-corrected chi connectivity index (χ2v) is 7.09. The highest BCUT2D eigenvalue weighted by molar-refractivity contribution is 14.1. The molecule has 1 fully saturated rings. The molecular formula is C13H17ClF2I2N2O. The van der Waals surface area contributed by atoms with E-state index in [9.17, 15) is 13.9 Å². The van der Waals surface area contributed by atoms with Crippen LogP contribution in [0.3, 0.4) is 0 Å². The van der Waals surface area contributed by atoms with E-state index >= 15 is 0 Å². The number of nitrogens with one attached hydrogen (secondary N) is 1. The molecule has 0 aliphatic carbocycles. The van der Waals surface area contributed by atoms with Crippen molar-refractivity contribution in [3.63, 3.8) is 0 Å². The summed E-state index contributed by atoms with van der Waals surface area (Å²) in [6, 6.07) is 3.33. The van der Waals surface area contributed by atoms with Crippen LogP contribution >= 0.6 is 57.6 Å². The fourth-order valence-electron chi connectivity index (χ4n) is 2.44. The minimum absolute atomic E-state index is 0. The summed E-state index contributed by atoms with van der Waals surface area (Å²) < 4.78 is 27.2. The molecule has 2 N–H and O–H groups in total. The Morgan fingerprint density at radius 3 is 2.19 bits per heavy atom. The third kappa shape index (κ3) is 5.29. The summed E-state index contributed by atoms with van der Waals surface area (Å²) >= 11 is 4.08. The summed E-state index contributed by atoms with van der Waals surface area (Å²) in [7, 11) is 0. The Morgan fingerprint density at radius 2 is 1.71 bits per heavy atom. The molecule has 1 aliphatic rings. The highest BCUT2D eigenvalue weighted by atomic mass is 127. The van der Waals surface area contributed by atoms with Crippen LogP contribution in [0.15, 0.2) is 12.1 Å². The summed E-state index contributed by atoms with van der Waals surface area (Å²) in [6.07, 6.45) is -2.50. The van der Waals surface area contributed by atoms with Gasteiger partial charge in [0.15, 0.2) is 0 Å². The van der Waals surface area contributed by atoms with Gasteiger partial charge in [0.25, 0.3) is 0 Å². The van der Waals surface area contributed by atoms with Gasteiger partial charge < -0.3 is 10.4 Å². The van der Waals surface area contributed by atoms with E-state index in [0.717, 1.165) is 31.7 Å². The van der Waals surface area contributed by atoms with Gasteiger partial charge in [0.1, 0.15) is 5.75 Å². The van der Waals surface area contributed by atoms with Gasteiger partial charge in [0, 0.05) is 38.6 Å². The van der Waals surface area contributed by atoms with Gasteiger partial charge in [-0.2, -0.15) is 0 Å². The number of aromatic hydroxyl groups is 1. The van der Waals surface area contributed by atoms with E-state index in [1.54, 1.807) is 0 Å². The molecule has 1 aromatic carbocycles. The number of hydrogen-bond donors (Lipinski definition) is 2. The number of phenolic OH excluding ortho intramolecular Hbond substituents is 1. The maximum absolute atomic E-state index is 12.9. The number of hydrogen-bond acceptors (Lipinski definition) is 3. The van der Waals surface area contributed by atoms with Gasteiger partial charge in [0.05, 0.1) is 7.14 Å². The van der Waals surface area contributed by atoms with Gasteiger partial charge in [0.2, 0.25) is 6.43 Å². The van der Waals surface area contributed by atoms with E-state index in [0.29, 0.717) is 7.14 Å². The molecular weight excluding hydrogens is 527 g/mol. The van der Waals surface area contributed by atoms with Crippen LogP contribution in [0.5, 0.6) is 5.75 Å². The highest BCUT2D eigenvalue weighted by Crippen LogP contribution is 2.34. The summed E-state index contributed by atoms with van der Waals surface area (Å²) in [6.45, 7) is 3.19. The maximum Gasteiger partial charge on any atom is 0.240 e. The summed E-state index contributed by atoms with van der Waals surface area (Å²) in [5.74, 6) is 0.228. The smallest absolute Gasteiger partial charge is 0.240 e. The van der Waals surface area contributed by atoms with Crippen molar-refractivity contribution in [2.75, 3.05) is 26.2 Å². The second kappa shape index (κ2) is 8.99. The zero-order valence-electron chi connectivity index (χ0n) is 11.2. The lowest BCUT2D eigenvalue weighted by Gasteiger charge is -2.35. The lowest BCUT2D eigenvalue weighted by molar-refractivity contribution is 0.0738. The Hall–Kier alpha value is 0.550. The first-order chi connectivity index (χ1) is 9.49. The second-order valence-electron chi connectivity index (χ2n) is 4.76. The number of piperazine rings is 1. The predicted octanol–water partition coefficient (Wildman–Crippen LogP) is 3.62. The summed E-state index contributed by atoms with van der Waals surface area (Å²) in [4.78, 5) is 2.10. The third-order valence-corrected chi connectivity index (χ3v) is 5.06. The molecule has 0 spiro atoms. The lowest BCUT2D eigenvalue weighted by Crippen LogP contribution is -2.45. The first kappa shape index (κ1) is 19.6. The Bertz CT molecular complexity index is 450. The van der Waals surface area contributed by atoms with E-state index < -0.39 is 6.43 Å². The Labute approximate surface area is 156 Å². The van der Waals surface area contributed by atoms with Gasteiger partial charge in [-0.05, 0) is 62.9 Å². The molecule has 0 aromatic heterocycles. The first-order valence-corrected chi connectivity index (χ1v) is 8.55. The van der Waals surface area contributed by atoms with Crippen molar-refractivity contribution >= 4 is 57.6 Å². The molecule has 0 radical (unpaired) electrons. The molecule has 1 aromatic rings. The minimum Gasteiger partial charge on any atom is -0.506 e. The zero-order valence-corrected chi connectivity index (χ0v) is 16.3. The van der Waals surface area contributed by atoms with E-state index in [-0.39, 0.29) is 30.6 Å². The van der Waals surface area contributed by atoms with Crippen LogP contribution < -0.4 is 5.32 Å². The molecule has 2 rings (SSSR count). The van der Waals surface area contributed by atoms with Crippen LogP contribution in [-0.2, 0) is 0 Å². The quantitative estimate of drug-likeness (QED) is 0.569. The van der Waals surface area contributed by atoms with E-state index in [4.69, 9.17) is 0 Å². The van der Waals surface area contributed by atoms with Crippen molar-refractivity contribution in [3.05, 3.63) is 24.8 Å². The number of alkyl halides is 2. The average molecular weight is 545 g/mol. The number of phenols is 1. The fourth-order valence-corrected chi connectivity index (χ4v) is 4.25. The Morgan fingerprint density at radius 1 is 1.19 bits per heavy atom. The molecule has 1 aliphatic heterocycles. The van der Waals surface area contributed by atoms with E-state index in [2.05, 4.69) is 10.2 Å². The van der Waals surface area contributed by atoms with Gasteiger partial charge in [-0.3, -0.25) is 4.90 Å². The van der Waals surface area contributed by atoms with Gasteiger partial charge in [-0.15, -0.1) is 12.4 Å². The number of benzene rings is 1. The van der Waals surface area contributed by atoms with Crippen LogP contribution in [0.1, 0.15) is 18.0 Å². The van der Waals surface area contributed by atoms with Crippen molar-refractivity contribution in [2.45, 2.75) is 18.9 Å².